The molecule has 0 spiro atoms. The van der Waals surface area contributed by atoms with Crippen molar-refractivity contribution in [3.05, 3.63) is 63.9 Å². The molecule has 0 saturated carbocycles. The van der Waals surface area contributed by atoms with Crippen LogP contribution in [0.1, 0.15) is 27.0 Å². The predicted molar refractivity (Wildman–Crippen MR) is 80.5 cm³/mol. The molecule has 0 saturated heterocycles. The number of benzene rings is 2. The quantitative estimate of drug-likeness (QED) is 0.721. The molecule has 3 nitrogen and oxygen atoms in total. The second-order valence-electron chi connectivity index (χ2n) is 4.83. The third kappa shape index (κ3) is 2.00. The van der Waals surface area contributed by atoms with E-state index >= 15 is 0 Å². The first-order valence-corrected chi connectivity index (χ1v) is 6.71. The number of hydrogen-bond acceptors (Lipinski definition) is 2. The fourth-order valence-corrected chi connectivity index (χ4v) is 2.58. The number of aromatic amines is 1. The van der Waals surface area contributed by atoms with Gasteiger partial charge in [0.1, 0.15) is 5.52 Å². The Morgan fingerprint density at radius 3 is 2.60 bits per heavy atom. The summed E-state index contributed by atoms with van der Waals surface area (Å²) in [6, 6.07) is 11.4. The summed E-state index contributed by atoms with van der Waals surface area (Å²) in [6.45, 7) is 3.84. The minimum absolute atomic E-state index is 0.0191. The molecule has 100 valence electrons. The van der Waals surface area contributed by atoms with Crippen LogP contribution in [-0.4, -0.2) is 15.8 Å². The summed E-state index contributed by atoms with van der Waals surface area (Å²) in [7, 11) is 0. The van der Waals surface area contributed by atoms with Crippen molar-refractivity contribution in [1.29, 1.82) is 0 Å². The van der Waals surface area contributed by atoms with Crippen molar-refractivity contribution in [3.8, 4) is 0 Å². The molecular formula is C16H13ClN2O. The van der Waals surface area contributed by atoms with Crippen molar-refractivity contribution in [2.24, 2.45) is 0 Å². The number of aryl methyl sites for hydroxylation is 2. The van der Waals surface area contributed by atoms with Crippen LogP contribution in [0.3, 0.4) is 0 Å². The van der Waals surface area contributed by atoms with Crippen molar-refractivity contribution < 1.29 is 4.79 Å². The molecule has 0 aliphatic carbocycles. The van der Waals surface area contributed by atoms with E-state index in [-0.39, 0.29) is 5.78 Å². The molecule has 0 amide bonds. The van der Waals surface area contributed by atoms with E-state index in [0.717, 1.165) is 16.6 Å². The lowest BCUT2D eigenvalue weighted by atomic mass is 9.95. The van der Waals surface area contributed by atoms with Crippen molar-refractivity contribution in [1.82, 2.24) is 9.97 Å². The molecule has 1 aromatic heterocycles. The van der Waals surface area contributed by atoms with Crippen LogP contribution in [0.4, 0.5) is 0 Å². The number of aromatic nitrogens is 2. The molecule has 0 aliphatic heterocycles. The van der Waals surface area contributed by atoms with Gasteiger partial charge in [-0.2, -0.15) is 0 Å². The van der Waals surface area contributed by atoms with Crippen LogP contribution in [0.2, 0.25) is 5.28 Å². The molecule has 20 heavy (non-hydrogen) atoms. The topological polar surface area (TPSA) is 45.8 Å². The van der Waals surface area contributed by atoms with Gasteiger partial charge in [-0.3, -0.25) is 4.79 Å². The molecular weight excluding hydrogens is 272 g/mol. The zero-order valence-electron chi connectivity index (χ0n) is 11.2. The largest absolute Gasteiger partial charge is 0.329 e. The van der Waals surface area contributed by atoms with Gasteiger partial charge >= 0.3 is 0 Å². The summed E-state index contributed by atoms with van der Waals surface area (Å²) >= 11 is 5.91. The molecule has 1 heterocycles. The van der Waals surface area contributed by atoms with Gasteiger partial charge in [0.25, 0.3) is 0 Å². The molecule has 1 N–H and O–H groups in total. The first-order chi connectivity index (χ1) is 9.58. The van der Waals surface area contributed by atoms with Gasteiger partial charge in [0, 0.05) is 5.56 Å². The van der Waals surface area contributed by atoms with Crippen molar-refractivity contribution in [2.45, 2.75) is 13.8 Å². The van der Waals surface area contributed by atoms with E-state index in [4.69, 9.17) is 11.6 Å². The van der Waals surface area contributed by atoms with Gasteiger partial charge < -0.3 is 4.98 Å². The highest BCUT2D eigenvalue weighted by Gasteiger charge is 2.19. The zero-order chi connectivity index (χ0) is 14.3. The second-order valence-corrected chi connectivity index (χ2v) is 5.18. The van der Waals surface area contributed by atoms with Gasteiger partial charge in [-0.15, -0.1) is 0 Å². The number of carbonyl (C=O) groups is 1. The normalized spacial score (nSPS) is 10.9. The molecule has 3 rings (SSSR count). The van der Waals surface area contributed by atoms with Gasteiger partial charge in [-0.05, 0) is 42.6 Å². The van der Waals surface area contributed by atoms with Crippen molar-refractivity contribution in [2.75, 3.05) is 0 Å². The maximum absolute atomic E-state index is 12.8. The van der Waals surface area contributed by atoms with Gasteiger partial charge in [-0.1, -0.05) is 30.3 Å². The average molecular weight is 285 g/mol. The van der Waals surface area contributed by atoms with Crippen LogP contribution in [0.5, 0.6) is 0 Å². The standard InChI is InChI=1S/C16H13ClN2O/c1-9-5-3-4-6-11(9)15(20)13-10(2)7-8-12-14(13)19-16(17)18-12/h3-8H,1-2H3,(H,18,19). The molecule has 0 unspecified atom stereocenters. The lowest BCUT2D eigenvalue weighted by Gasteiger charge is -2.08. The Labute approximate surface area is 121 Å². The fraction of sp³-hybridized carbons (Fsp3) is 0.125. The summed E-state index contributed by atoms with van der Waals surface area (Å²) in [6.07, 6.45) is 0. The number of hydrogen-bond donors (Lipinski definition) is 1. The monoisotopic (exact) mass is 284 g/mol. The van der Waals surface area contributed by atoms with E-state index in [1.807, 2.05) is 50.2 Å². The van der Waals surface area contributed by atoms with E-state index in [2.05, 4.69) is 9.97 Å². The molecule has 3 aromatic rings. The number of ketones is 1. The smallest absolute Gasteiger partial charge is 0.201 e. The molecule has 2 aromatic carbocycles. The number of fused-ring (bicyclic) bond motifs is 1. The van der Waals surface area contributed by atoms with Crippen LogP contribution in [0, 0.1) is 13.8 Å². The lowest BCUT2D eigenvalue weighted by Crippen LogP contribution is -2.06. The minimum atomic E-state index is -0.0191. The minimum Gasteiger partial charge on any atom is -0.329 e. The van der Waals surface area contributed by atoms with Gasteiger partial charge in [0.15, 0.2) is 5.78 Å². The van der Waals surface area contributed by atoms with E-state index < -0.39 is 0 Å². The summed E-state index contributed by atoms with van der Waals surface area (Å²) in [4.78, 5) is 20.0. The fourth-order valence-electron chi connectivity index (χ4n) is 2.40. The highest BCUT2D eigenvalue weighted by molar-refractivity contribution is 6.29. The van der Waals surface area contributed by atoms with E-state index in [9.17, 15) is 4.79 Å². The van der Waals surface area contributed by atoms with Crippen LogP contribution in [0.15, 0.2) is 36.4 Å². The third-order valence-electron chi connectivity index (χ3n) is 3.45. The Bertz CT molecular complexity index is 820. The van der Waals surface area contributed by atoms with E-state index in [0.29, 0.717) is 21.9 Å². The average Bonchev–Trinajstić information content (AvgIpc) is 2.79. The van der Waals surface area contributed by atoms with E-state index in [1.54, 1.807) is 0 Å². The van der Waals surface area contributed by atoms with Gasteiger partial charge in [0.05, 0.1) is 11.1 Å². The van der Waals surface area contributed by atoms with Crippen molar-refractivity contribution >= 4 is 28.4 Å². The summed E-state index contributed by atoms with van der Waals surface area (Å²) in [5, 5.41) is 0.296. The Kier molecular flexibility index (Phi) is 3.07. The Morgan fingerprint density at radius 2 is 1.85 bits per heavy atom. The highest BCUT2D eigenvalue weighted by atomic mass is 35.5. The first kappa shape index (κ1) is 12.9. The molecule has 0 radical (unpaired) electrons. The van der Waals surface area contributed by atoms with Crippen LogP contribution >= 0.6 is 11.6 Å². The number of nitrogens with one attached hydrogen (secondary N) is 1. The van der Waals surface area contributed by atoms with Crippen molar-refractivity contribution in [3.63, 3.8) is 0 Å². The number of carbonyl (C=O) groups excluding carboxylic acids is 1. The zero-order valence-corrected chi connectivity index (χ0v) is 12.0. The Morgan fingerprint density at radius 1 is 1.10 bits per heavy atom. The maximum Gasteiger partial charge on any atom is 0.201 e. The molecule has 0 bridgehead atoms. The predicted octanol–water partition coefficient (Wildman–Crippen LogP) is 4.06. The second kappa shape index (κ2) is 4.76. The summed E-state index contributed by atoms with van der Waals surface area (Å²) in [5.74, 6) is -0.0191. The molecule has 0 atom stereocenters. The van der Waals surface area contributed by atoms with Gasteiger partial charge in [0.2, 0.25) is 5.28 Å². The molecule has 0 fully saturated rings. The highest BCUT2D eigenvalue weighted by Crippen LogP contribution is 2.25. The SMILES string of the molecule is Cc1ccccc1C(=O)c1c(C)ccc2[nH]c(Cl)nc12. The van der Waals surface area contributed by atoms with Crippen LogP contribution < -0.4 is 0 Å². The number of halogens is 1. The summed E-state index contributed by atoms with van der Waals surface area (Å²) < 4.78 is 0. The van der Waals surface area contributed by atoms with Crippen LogP contribution in [0.25, 0.3) is 11.0 Å². The summed E-state index contributed by atoms with van der Waals surface area (Å²) in [5.41, 5.74) is 4.56. The first-order valence-electron chi connectivity index (χ1n) is 6.33. The Balaban J connectivity index is 2.26. The van der Waals surface area contributed by atoms with Gasteiger partial charge in [-0.25, -0.2) is 4.98 Å². The molecule has 4 heteroatoms. The number of imidazole rings is 1. The number of rotatable bonds is 2. The maximum atomic E-state index is 12.8. The number of H-pyrrole nitrogens is 1. The molecule has 0 aliphatic rings. The third-order valence-corrected chi connectivity index (χ3v) is 3.63. The lowest BCUT2D eigenvalue weighted by molar-refractivity contribution is 0.103. The van der Waals surface area contributed by atoms with E-state index in [1.165, 1.54) is 0 Å². The Hall–Kier alpha value is -2.13. The number of nitrogens with zero attached hydrogens (tertiary/aromatic N) is 1. The van der Waals surface area contributed by atoms with Crippen LogP contribution in [-0.2, 0) is 0 Å².